The van der Waals surface area contributed by atoms with Gasteiger partial charge < -0.3 is 11.1 Å². The number of hydrogen-bond acceptors (Lipinski definition) is 6. The Morgan fingerprint density at radius 3 is 2.23 bits per heavy atom. The number of aromatic nitrogens is 2. The maximum atomic E-state index is 12.7. The zero-order valence-corrected chi connectivity index (χ0v) is 15.7. The Labute approximate surface area is 154 Å². The second-order valence-electron chi connectivity index (χ2n) is 5.80. The number of benzene rings is 1. The second kappa shape index (κ2) is 7.61. The number of nitrogens with one attached hydrogen (secondary N) is 1. The molecule has 0 saturated heterocycles. The third-order valence-electron chi connectivity index (χ3n) is 3.81. The van der Waals surface area contributed by atoms with Gasteiger partial charge in [0.2, 0.25) is 5.91 Å². The summed E-state index contributed by atoms with van der Waals surface area (Å²) in [6.45, 7) is 3.08. The van der Waals surface area contributed by atoms with E-state index >= 15 is 0 Å². The molecule has 0 fully saturated rings. The summed E-state index contributed by atoms with van der Waals surface area (Å²) in [6, 6.07) is 6.98. The number of rotatable bonds is 5. The monoisotopic (exact) mass is 376 g/mol. The number of nitrogen functional groups attached to an aromatic ring is 1. The van der Waals surface area contributed by atoms with Crippen molar-refractivity contribution in [3.63, 3.8) is 0 Å². The Bertz CT molecular complexity index is 976. The molecule has 1 aromatic carbocycles. The van der Waals surface area contributed by atoms with Crippen LogP contribution in [0.15, 0.2) is 38.8 Å². The number of amides is 1. The molecule has 3 N–H and O–H groups in total. The maximum absolute atomic E-state index is 12.7. The minimum absolute atomic E-state index is 0.142. The zero-order valence-electron chi connectivity index (χ0n) is 14.9. The van der Waals surface area contributed by atoms with Gasteiger partial charge in [0.05, 0.1) is 5.25 Å². The van der Waals surface area contributed by atoms with E-state index in [1.165, 1.54) is 32.8 Å². The fraction of sp³-hybridized carbons (Fsp3) is 0.294. The lowest BCUT2D eigenvalue weighted by Crippen LogP contribution is -2.42. The highest BCUT2D eigenvalue weighted by Crippen LogP contribution is 2.27. The maximum Gasteiger partial charge on any atom is 0.332 e. The molecule has 138 valence electrons. The van der Waals surface area contributed by atoms with Crippen LogP contribution in [0.2, 0.25) is 0 Å². The molecule has 2 aromatic rings. The summed E-state index contributed by atoms with van der Waals surface area (Å²) in [5, 5.41) is 2.07. The topological polar surface area (TPSA) is 116 Å². The van der Waals surface area contributed by atoms with E-state index in [0.717, 1.165) is 14.0 Å². The van der Waals surface area contributed by atoms with E-state index in [9.17, 15) is 19.2 Å². The molecule has 0 aliphatic heterocycles. The second-order valence-corrected chi connectivity index (χ2v) is 7.21. The van der Waals surface area contributed by atoms with Crippen molar-refractivity contribution in [2.24, 2.45) is 14.1 Å². The fourth-order valence-electron chi connectivity index (χ4n) is 2.37. The summed E-state index contributed by atoms with van der Waals surface area (Å²) in [5.41, 5.74) is 5.00. The Hall–Kier alpha value is -2.81. The number of ketones is 1. The highest BCUT2D eigenvalue weighted by Gasteiger charge is 2.25. The van der Waals surface area contributed by atoms with Crippen LogP contribution < -0.4 is 22.3 Å². The van der Waals surface area contributed by atoms with E-state index in [0.29, 0.717) is 5.69 Å². The molecule has 1 heterocycles. The standard InChI is InChI=1S/C17H20N4O4S/c1-9(26-12-7-5-11(6-8-12)19-10(2)22)14(23)13-15(18)20(3)17(25)21(4)16(13)24/h5-9H,18H2,1-4H3,(H,19,22)/t9-/m0/s1. The van der Waals surface area contributed by atoms with Gasteiger partial charge in [-0.2, -0.15) is 0 Å². The predicted octanol–water partition coefficient (Wildman–Crippen LogP) is 0.988. The van der Waals surface area contributed by atoms with Gasteiger partial charge in [-0.15, -0.1) is 11.8 Å². The van der Waals surface area contributed by atoms with Crippen LogP contribution in [0.1, 0.15) is 24.2 Å². The predicted molar refractivity (Wildman–Crippen MR) is 102 cm³/mol. The smallest absolute Gasteiger partial charge is 0.332 e. The van der Waals surface area contributed by atoms with E-state index in [-0.39, 0.29) is 17.3 Å². The first kappa shape index (κ1) is 19.5. The molecule has 0 saturated carbocycles. The lowest BCUT2D eigenvalue weighted by atomic mass is 10.1. The summed E-state index contributed by atoms with van der Waals surface area (Å²) in [6.07, 6.45) is 0. The molecular formula is C17H20N4O4S. The molecule has 0 aliphatic carbocycles. The minimum Gasteiger partial charge on any atom is -0.384 e. The molecule has 1 atom stereocenters. The van der Waals surface area contributed by atoms with Crippen molar-refractivity contribution >= 4 is 35.0 Å². The highest BCUT2D eigenvalue weighted by atomic mass is 32.2. The molecule has 2 rings (SSSR count). The van der Waals surface area contributed by atoms with Gasteiger partial charge in [-0.25, -0.2) is 4.79 Å². The van der Waals surface area contributed by atoms with Crippen molar-refractivity contribution < 1.29 is 9.59 Å². The molecule has 0 radical (unpaired) electrons. The SMILES string of the molecule is CC(=O)Nc1ccc(S[C@@H](C)C(=O)c2c(N)n(C)c(=O)n(C)c2=O)cc1. The van der Waals surface area contributed by atoms with Gasteiger partial charge in [-0.1, -0.05) is 0 Å². The van der Waals surface area contributed by atoms with Crippen molar-refractivity contribution in [3.05, 3.63) is 50.7 Å². The first-order chi connectivity index (χ1) is 12.1. The normalized spacial score (nSPS) is 11.8. The quantitative estimate of drug-likeness (QED) is 0.594. The summed E-state index contributed by atoms with van der Waals surface area (Å²) >= 11 is 1.25. The number of carbonyl (C=O) groups is 2. The van der Waals surface area contributed by atoms with Crippen LogP contribution in [0.3, 0.4) is 0 Å². The third-order valence-corrected chi connectivity index (χ3v) is 4.92. The first-order valence-electron chi connectivity index (χ1n) is 7.77. The minimum atomic E-state index is -0.705. The Kier molecular flexibility index (Phi) is 5.71. The fourth-order valence-corrected chi connectivity index (χ4v) is 3.30. The summed E-state index contributed by atoms with van der Waals surface area (Å²) in [7, 11) is 2.71. The molecule has 0 spiro atoms. The number of carbonyl (C=O) groups excluding carboxylic acids is 2. The number of nitrogens with zero attached hydrogens (tertiary/aromatic N) is 2. The summed E-state index contributed by atoms with van der Waals surface area (Å²) < 4.78 is 1.94. The van der Waals surface area contributed by atoms with Crippen LogP contribution in [0, 0.1) is 0 Å². The Morgan fingerprint density at radius 2 is 1.69 bits per heavy atom. The number of nitrogens with two attached hydrogens (primary N) is 1. The van der Waals surface area contributed by atoms with Gasteiger partial charge in [-0.05, 0) is 31.2 Å². The first-order valence-corrected chi connectivity index (χ1v) is 8.65. The highest BCUT2D eigenvalue weighted by molar-refractivity contribution is 8.00. The van der Waals surface area contributed by atoms with Gasteiger partial charge in [-0.3, -0.25) is 23.5 Å². The average Bonchev–Trinajstić information content (AvgIpc) is 2.59. The number of hydrogen-bond donors (Lipinski definition) is 2. The molecule has 1 aromatic heterocycles. The van der Waals surface area contributed by atoms with Crippen LogP contribution in [-0.4, -0.2) is 26.1 Å². The molecule has 0 bridgehead atoms. The van der Waals surface area contributed by atoms with E-state index in [1.54, 1.807) is 31.2 Å². The van der Waals surface area contributed by atoms with Crippen LogP contribution in [0.5, 0.6) is 0 Å². The van der Waals surface area contributed by atoms with Gasteiger partial charge in [0, 0.05) is 31.6 Å². The molecule has 0 unspecified atom stereocenters. The average molecular weight is 376 g/mol. The molecule has 1 amide bonds. The largest absolute Gasteiger partial charge is 0.384 e. The lowest BCUT2D eigenvalue weighted by Gasteiger charge is -2.14. The third kappa shape index (κ3) is 3.88. The van der Waals surface area contributed by atoms with Crippen molar-refractivity contribution in [2.45, 2.75) is 24.0 Å². The number of Topliss-reactive ketones (excluding diaryl/α,β-unsaturated/α-hetero) is 1. The number of thioether (sulfide) groups is 1. The van der Waals surface area contributed by atoms with Crippen molar-refractivity contribution in [1.29, 1.82) is 0 Å². The van der Waals surface area contributed by atoms with Gasteiger partial charge >= 0.3 is 5.69 Å². The van der Waals surface area contributed by atoms with Gasteiger partial charge in [0.1, 0.15) is 11.4 Å². The van der Waals surface area contributed by atoms with Crippen molar-refractivity contribution in [2.75, 3.05) is 11.1 Å². The van der Waals surface area contributed by atoms with Crippen LogP contribution in [0.25, 0.3) is 0 Å². The van der Waals surface area contributed by atoms with Crippen molar-refractivity contribution in [3.8, 4) is 0 Å². The van der Waals surface area contributed by atoms with E-state index < -0.39 is 22.3 Å². The number of anilines is 2. The van der Waals surface area contributed by atoms with Gasteiger partial charge in [0.15, 0.2) is 5.78 Å². The lowest BCUT2D eigenvalue weighted by molar-refractivity contribution is -0.114. The van der Waals surface area contributed by atoms with Crippen molar-refractivity contribution in [1.82, 2.24) is 9.13 Å². The van der Waals surface area contributed by atoms with Crippen LogP contribution in [-0.2, 0) is 18.9 Å². The molecule has 9 heteroatoms. The Balaban J connectivity index is 2.27. The van der Waals surface area contributed by atoms with Crippen LogP contribution >= 0.6 is 11.8 Å². The van der Waals surface area contributed by atoms with E-state index in [1.807, 2.05) is 0 Å². The summed E-state index contributed by atoms with van der Waals surface area (Å²) in [5.74, 6) is -0.763. The zero-order chi connectivity index (χ0) is 19.6. The molecule has 0 aliphatic rings. The Morgan fingerprint density at radius 1 is 1.12 bits per heavy atom. The molecule has 26 heavy (non-hydrogen) atoms. The molecular weight excluding hydrogens is 356 g/mol. The van der Waals surface area contributed by atoms with Crippen LogP contribution in [0.4, 0.5) is 11.5 Å². The van der Waals surface area contributed by atoms with E-state index in [4.69, 9.17) is 5.73 Å². The van der Waals surface area contributed by atoms with Gasteiger partial charge in [0.25, 0.3) is 5.56 Å². The summed E-state index contributed by atoms with van der Waals surface area (Å²) in [4.78, 5) is 48.7. The van der Waals surface area contributed by atoms with E-state index in [2.05, 4.69) is 5.32 Å². The molecule has 8 nitrogen and oxygen atoms in total.